The number of anilines is 1. The number of hydrogen-bond acceptors (Lipinski definition) is 3. The maximum Gasteiger partial charge on any atom is 0.130 e. The minimum absolute atomic E-state index is 0.227. The van der Waals surface area contributed by atoms with Gasteiger partial charge in [0.25, 0.3) is 0 Å². The summed E-state index contributed by atoms with van der Waals surface area (Å²) in [6.45, 7) is 6.11. The molecular weight excluding hydrogens is 231 g/mol. The van der Waals surface area contributed by atoms with Gasteiger partial charge in [0.2, 0.25) is 0 Å². The summed E-state index contributed by atoms with van der Waals surface area (Å²) < 4.78 is 19.2. The lowest BCUT2D eigenvalue weighted by Gasteiger charge is -2.18. The van der Waals surface area contributed by atoms with E-state index in [0.29, 0.717) is 11.5 Å². The van der Waals surface area contributed by atoms with E-state index in [1.807, 2.05) is 13.0 Å². The second-order valence-electron chi connectivity index (χ2n) is 5.11. The summed E-state index contributed by atoms with van der Waals surface area (Å²) in [5.74, 6) is 0.282. The second kappa shape index (κ2) is 5.67. The maximum absolute atomic E-state index is 13.9. The van der Waals surface area contributed by atoms with Gasteiger partial charge in [-0.3, -0.25) is 0 Å². The van der Waals surface area contributed by atoms with Crippen molar-refractivity contribution in [2.24, 2.45) is 11.7 Å². The van der Waals surface area contributed by atoms with Crippen LogP contribution in [0.2, 0.25) is 0 Å². The van der Waals surface area contributed by atoms with Crippen molar-refractivity contribution in [1.29, 1.82) is 0 Å². The van der Waals surface area contributed by atoms with Crippen molar-refractivity contribution >= 4 is 5.69 Å². The van der Waals surface area contributed by atoms with Gasteiger partial charge in [0.1, 0.15) is 5.82 Å². The second-order valence-corrected chi connectivity index (χ2v) is 5.11. The predicted molar refractivity (Wildman–Crippen MR) is 71.2 cm³/mol. The molecule has 3 nitrogen and oxygen atoms in total. The van der Waals surface area contributed by atoms with Gasteiger partial charge in [-0.1, -0.05) is 0 Å². The lowest BCUT2D eigenvalue weighted by atomic mass is 10.0. The van der Waals surface area contributed by atoms with Crippen LogP contribution in [0, 0.1) is 18.7 Å². The predicted octanol–water partition coefficient (Wildman–Crippen LogP) is 2.60. The molecule has 2 atom stereocenters. The molecule has 0 aromatic heterocycles. The van der Waals surface area contributed by atoms with Crippen LogP contribution >= 0.6 is 0 Å². The summed E-state index contributed by atoms with van der Waals surface area (Å²) in [5.41, 5.74) is 8.13. The summed E-state index contributed by atoms with van der Waals surface area (Å²) in [4.78, 5) is 0. The molecule has 1 aromatic carbocycles. The maximum atomic E-state index is 13.9. The van der Waals surface area contributed by atoms with Crippen molar-refractivity contribution in [2.75, 3.05) is 25.1 Å². The third-order valence-corrected chi connectivity index (χ3v) is 3.33. The number of hydrogen-bond donors (Lipinski definition) is 2. The van der Waals surface area contributed by atoms with Gasteiger partial charge in [0.05, 0.1) is 6.61 Å². The van der Waals surface area contributed by atoms with E-state index < -0.39 is 0 Å². The zero-order chi connectivity index (χ0) is 13.1. The molecule has 1 heterocycles. The molecular formula is C14H21FN2O. The third kappa shape index (κ3) is 3.00. The van der Waals surface area contributed by atoms with E-state index in [2.05, 4.69) is 5.32 Å². The van der Waals surface area contributed by atoms with Crippen LogP contribution in [0.4, 0.5) is 10.1 Å². The van der Waals surface area contributed by atoms with Gasteiger partial charge in [-0.25, -0.2) is 4.39 Å². The first kappa shape index (κ1) is 13.3. The molecule has 0 bridgehead atoms. The summed E-state index contributed by atoms with van der Waals surface area (Å²) in [6, 6.07) is 3.17. The number of benzene rings is 1. The van der Waals surface area contributed by atoms with E-state index >= 15 is 0 Å². The first-order valence-electron chi connectivity index (χ1n) is 6.45. The van der Waals surface area contributed by atoms with Gasteiger partial charge in [0.15, 0.2) is 0 Å². The van der Waals surface area contributed by atoms with Crippen molar-refractivity contribution in [1.82, 2.24) is 0 Å². The molecule has 1 aliphatic heterocycles. The molecule has 4 heteroatoms. The highest BCUT2D eigenvalue weighted by atomic mass is 19.1. The molecule has 1 aliphatic rings. The quantitative estimate of drug-likeness (QED) is 0.866. The number of rotatable bonds is 4. The van der Waals surface area contributed by atoms with Crippen molar-refractivity contribution < 1.29 is 9.13 Å². The highest BCUT2D eigenvalue weighted by Gasteiger charge is 2.18. The van der Waals surface area contributed by atoms with Gasteiger partial charge in [-0.2, -0.15) is 0 Å². The van der Waals surface area contributed by atoms with Crippen LogP contribution < -0.4 is 11.1 Å². The average Bonchev–Trinajstić information content (AvgIpc) is 2.77. The van der Waals surface area contributed by atoms with E-state index in [1.165, 1.54) is 6.07 Å². The highest BCUT2D eigenvalue weighted by Crippen LogP contribution is 2.27. The topological polar surface area (TPSA) is 47.3 Å². The van der Waals surface area contributed by atoms with E-state index in [4.69, 9.17) is 10.5 Å². The van der Waals surface area contributed by atoms with E-state index in [9.17, 15) is 4.39 Å². The Balaban J connectivity index is 2.14. The lowest BCUT2D eigenvalue weighted by molar-refractivity contribution is 0.187. The molecule has 1 fully saturated rings. The van der Waals surface area contributed by atoms with Crippen molar-refractivity contribution in [3.05, 3.63) is 29.1 Å². The fourth-order valence-electron chi connectivity index (χ4n) is 2.36. The van der Waals surface area contributed by atoms with E-state index in [1.54, 1.807) is 6.92 Å². The Morgan fingerprint density at radius 1 is 1.56 bits per heavy atom. The van der Waals surface area contributed by atoms with Crippen LogP contribution in [0.3, 0.4) is 0 Å². The smallest absolute Gasteiger partial charge is 0.130 e. The monoisotopic (exact) mass is 252 g/mol. The molecule has 1 saturated heterocycles. The Kier molecular flexibility index (Phi) is 4.19. The summed E-state index contributed by atoms with van der Waals surface area (Å²) in [7, 11) is 0. The normalized spacial score (nSPS) is 21.0. The molecule has 0 spiro atoms. The number of aryl methyl sites for hydroxylation is 1. The van der Waals surface area contributed by atoms with Crippen LogP contribution in [0.25, 0.3) is 0 Å². The summed E-state index contributed by atoms with van der Waals surface area (Å²) >= 11 is 0. The Hall–Kier alpha value is -1.13. The fraction of sp³-hybridized carbons (Fsp3) is 0.571. The number of nitrogens with one attached hydrogen (secondary N) is 1. The van der Waals surface area contributed by atoms with Gasteiger partial charge >= 0.3 is 0 Å². The first-order chi connectivity index (χ1) is 8.58. The Morgan fingerprint density at radius 3 is 2.94 bits per heavy atom. The van der Waals surface area contributed by atoms with E-state index in [0.717, 1.165) is 37.4 Å². The van der Waals surface area contributed by atoms with Crippen LogP contribution in [-0.4, -0.2) is 19.8 Å². The summed E-state index contributed by atoms with van der Waals surface area (Å²) in [5, 5.41) is 3.32. The van der Waals surface area contributed by atoms with Crippen LogP contribution in [0.15, 0.2) is 12.1 Å². The fourth-order valence-corrected chi connectivity index (χ4v) is 2.36. The van der Waals surface area contributed by atoms with Crippen LogP contribution in [0.1, 0.15) is 30.5 Å². The lowest BCUT2D eigenvalue weighted by Crippen LogP contribution is -2.18. The van der Waals surface area contributed by atoms with Gasteiger partial charge in [0, 0.05) is 36.4 Å². The van der Waals surface area contributed by atoms with Crippen molar-refractivity contribution in [3.8, 4) is 0 Å². The third-order valence-electron chi connectivity index (χ3n) is 3.33. The number of halogens is 1. The van der Waals surface area contributed by atoms with E-state index in [-0.39, 0.29) is 11.9 Å². The highest BCUT2D eigenvalue weighted by molar-refractivity contribution is 5.55. The SMILES string of the molecule is Cc1cc(F)c(C(C)N)c(NCC2CCOC2)c1. The minimum Gasteiger partial charge on any atom is -0.384 e. The molecule has 0 amide bonds. The Morgan fingerprint density at radius 2 is 2.33 bits per heavy atom. The molecule has 1 aromatic rings. The Bertz CT molecular complexity index is 415. The molecule has 0 saturated carbocycles. The molecule has 18 heavy (non-hydrogen) atoms. The number of nitrogens with two attached hydrogens (primary N) is 1. The zero-order valence-corrected chi connectivity index (χ0v) is 11.0. The number of ether oxygens (including phenoxy) is 1. The molecule has 2 rings (SSSR count). The van der Waals surface area contributed by atoms with Gasteiger partial charge in [-0.15, -0.1) is 0 Å². The van der Waals surface area contributed by atoms with Gasteiger partial charge in [-0.05, 0) is 38.0 Å². The van der Waals surface area contributed by atoms with Crippen LogP contribution in [0.5, 0.6) is 0 Å². The summed E-state index contributed by atoms with van der Waals surface area (Å²) in [6.07, 6.45) is 1.06. The minimum atomic E-state index is -0.312. The Labute approximate surface area is 108 Å². The van der Waals surface area contributed by atoms with Gasteiger partial charge < -0.3 is 15.8 Å². The standard InChI is InChI=1S/C14H21FN2O/c1-9-5-12(15)14(10(2)16)13(6-9)17-7-11-3-4-18-8-11/h5-6,10-11,17H,3-4,7-8,16H2,1-2H3. The largest absolute Gasteiger partial charge is 0.384 e. The molecule has 0 radical (unpaired) electrons. The molecule has 100 valence electrons. The first-order valence-corrected chi connectivity index (χ1v) is 6.45. The average molecular weight is 252 g/mol. The molecule has 3 N–H and O–H groups in total. The zero-order valence-electron chi connectivity index (χ0n) is 11.0. The van der Waals surface area contributed by atoms with Crippen molar-refractivity contribution in [2.45, 2.75) is 26.3 Å². The van der Waals surface area contributed by atoms with Crippen LogP contribution in [-0.2, 0) is 4.74 Å². The molecule has 0 aliphatic carbocycles. The molecule has 2 unspecified atom stereocenters. The van der Waals surface area contributed by atoms with Crippen molar-refractivity contribution in [3.63, 3.8) is 0 Å².